The number of halogens is 1. The third-order valence-corrected chi connectivity index (χ3v) is 5.99. The van der Waals surface area contributed by atoms with Crippen molar-refractivity contribution in [3.8, 4) is 0 Å². The summed E-state index contributed by atoms with van der Waals surface area (Å²) in [5.74, 6) is -0.598. The van der Waals surface area contributed by atoms with Gasteiger partial charge in [0.15, 0.2) is 0 Å². The molecule has 1 aliphatic heterocycles. The minimum absolute atomic E-state index is 0.219. The molecule has 0 spiro atoms. The lowest BCUT2D eigenvalue weighted by Gasteiger charge is -2.27. The summed E-state index contributed by atoms with van der Waals surface area (Å²) >= 11 is 0. The molecule has 0 unspecified atom stereocenters. The number of carbonyl (C=O) groups excluding carboxylic acids is 1. The summed E-state index contributed by atoms with van der Waals surface area (Å²) in [6.07, 6.45) is 5.31. The molecule has 2 aromatic rings. The van der Waals surface area contributed by atoms with Crippen LogP contribution < -0.4 is 0 Å². The van der Waals surface area contributed by atoms with Crippen molar-refractivity contribution < 1.29 is 23.8 Å². The normalized spacial score (nSPS) is 18.5. The van der Waals surface area contributed by atoms with Gasteiger partial charge in [-0.05, 0) is 74.6 Å². The highest BCUT2D eigenvalue weighted by Crippen LogP contribution is 2.24. The van der Waals surface area contributed by atoms with Crippen LogP contribution in [0.3, 0.4) is 0 Å². The summed E-state index contributed by atoms with van der Waals surface area (Å²) in [7, 11) is 0. The number of aliphatic hydroxyl groups excluding tert-OH is 1. The van der Waals surface area contributed by atoms with Crippen LogP contribution in [0, 0.1) is 5.82 Å². The lowest BCUT2D eigenvalue weighted by atomic mass is 10.0. The van der Waals surface area contributed by atoms with Crippen molar-refractivity contribution in [3.63, 3.8) is 0 Å². The van der Waals surface area contributed by atoms with E-state index in [9.17, 15) is 14.3 Å². The van der Waals surface area contributed by atoms with Crippen LogP contribution >= 0.6 is 0 Å². The average molecular weight is 456 g/mol. The van der Waals surface area contributed by atoms with Crippen LogP contribution in [0.4, 0.5) is 4.39 Å². The first-order valence-electron chi connectivity index (χ1n) is 11.7. The third-order valence-electron chi connectivity index (χ3n) is 5.99. The first-order chi connectivity index (χ1) is 16.0. The van der Waals surface area contributed by atoms with Gasteiger partial charge in [-0.1, -0.05) is 36.4 Å². The van der Waals surface area contributed by atoms with E-state index in [4.69, 9.17) is 9.47 Å². The van der Waals surface area contributed by atoms with Gasteiger partial charge in [-0.15, -0.1) is 0 Å². The molecule has 1 heterocycles. The number of carbonyl (C=O) groups is 1. The number of hydrogen-bond donors (Lipinski definition) is 1. The molecule has 0 aromatic heterocycles. The Morgan fingerprint density at radius 2 is 2.00 bits per heavy atom. The molecule has 1 aliphatic rings. The Bertz CT molecular complexity index is 915. The molecular formula is C27H34FNO4. The summed E-state index contributed by atoms with van der Waals surface area (Å²) in [4.78, 5) is 13.9. The zero-order chi connectivity index (χ0) is 23.6. The number of β-amino-alcohol motifs (C(OH)–C–C–N with tert-alkyl or cyclic N) is 1. The maximum atomic E-state index is 13.2. The van der Waals surface area contributed by atoms with E-state index in [0.717, 1.165) is 42.5 Å². The van der Waals surface area contributed by atoms with Crippen LogP contribution in [0.25, 0.3) is 6.08 Å². The van der Waals surface area contributed by atoms with Crippen molar-refractivity contribution in [2.45, 2.75) is 51.4 Å². The predicted octanol–water partition coefficient (Wildman–Crippen LogP) is 4.55. The molecule has 1 saturated heterocycles. The first-order valence-corrected chi connectivity index (χ1v) is 11.7. The highest BCUT2D eigenvalue weighted by molar-refractivity contribution is 5.87. The molecule has 3 atom stereocenters. The van der Waals surface area contributed by atoms with E-state index < -0.39 is 6.10 Å². The van der Waals surface area contributed by atoms with Gasteiger partial charge in [-0.25, -0.2) is 9.18 Å². The molecule has 33 heavy (non-hydrogen) atoms. The number of nitrogens with zero attached hydrogens (tertiary/aromatic N) is 1. The molecule has 1 fully saturated rings. The second-order valence-corrected chi connectivity index (χ2v) is 8.47. The molecule has 0 amide bonds. The van der Waals surface area contributed by atoms with Crippen molar-refractivity contribution in [1.29, 1.82) is 0 Å². The largest absolute Gasteiger partial charge is 0.463 e. The van der Waals surface area contributed by atoms with Crippen molar-refractivity contribution in [2.75, 3.05) is 26.3 Å². The minimum Gasteiger partial charge on any atom is -0.463 e. The molecule has 0 aliphatic carbocycles. The van der Waals surface area contributed by atoms with Gasteiger partial charge >= 0.3 is 5.97 Å². The number of hydrogen-bond acceptors (Lipinski definition) is 5. The maximum absolute atomic E-state index is 13.2. The van der Waals surface area contributed by atoms with Gasteiger partial charge < -0.3 is 14.6 Å². The summed E-state index contributed by atoms with van der Waals surface area (Å²) < 4.78 is 24.1. The second kappa shape index (κ2) is 12.6. The van der Waals surface area contributed by atoms with E-state index in [1.165, 1.54) is 18.2 Å². The predicted molar refractivity (Wildman–Crippen MR) is 127 cm³/mol. The topological polar surface area (TPSA) is 59.0 Å². The van der Waals surface area contributed by atoms with Gasteiger partial charge in [-0.3, -0.25) is 4.90 Å². The Kier molecular flexibility index (Phi) is 9.61. The molecule has 6 heteroatoms. The van der Waals surface area contributed by atoms with Gasteiger partial charge in [0.05, 0.1) is 25.4 Å². The number of aliphatic hydroxyl groups is 1. The molecular weight excluding hydrogens is 421 g/mol. The first kappa shape index (κ1) is 25.1. The van der Waals surface area contributed by atoms with Gasteiger partial charge in [0.2, 0.25) is 0 Å². The van der Waals surface area contributed by atoms with E-state index in [0.29, 0.717) is 19.2 Å². The van der Waals surface area contributed by atoms with Crippen molar-refractivity contribution in [2.24, 2.45) is 0 Å². The molecule has 3 rings (SSSR count). The maximum Gasteiger partial charge on any atom is 0.330 e. The SMILES string of the molecule is CCOC(=O)C=Cc1ccccc1[C@@H](C)OC[C@H](O)CN1CCC[C@H]1Cc1ccc(F)cc1. The number of esters is 1. The van der Waals surface area contributed by atoms with E-state index in [1.54, 1.807) is 13.0 Å². The van der Waals surface area contributed by atoms with Gasteiger partial charge in [0.1, 0.15) is 5.82 Å². The standard InChI is InChI=1S/C27H34FNO4/c1-3-32-27(31)15-12-22-7-4-5-9-26(22)20(2)33-19-25(30)18-29-16-6-8-24(29)17-21-10-13-23(28)14-11-21/h4-5,7,9-15,20,24-25,30H,3,6,8,16-19H2,1-2H3/t20-,24+,25-/m1/s1. The summed E-state index contributed by atoms with van der Waals surface area (Å²) in [6.45, 7) is 5.76. The summed E-state index contributed by atoms with van der Waals surface area (Å²) in [6, 6.07) is 14.7. The van der Waals surface area contributed by atoms with Crippen molar-refractivity contribution in [1.82, 2.24) is 4.90 Å². The lowest BCUT2D eigenvalue weighted by Crippen LogP contribution is -2.39. The summed E-state index contributed by atoms with van der Waals surface area (Å²) in [5.41, 5.74) is 2.94. The highest BCUT2D eigenvalue weighted by Gasteiger charge is 2.26. The third kappa shape index (κ3) is 7.77. The number of benzene rings is 2. The number of likely N-dealkylation sites (tertiary alicyclic amines) is 1. The van der Waals surface area contributed by atoms with Crippen molar-refractivity contribution >= 4 is 12.0 Å². The number of rotatable bonds is 11. The number of ether oxygens (including phenoxy) is 2. The van der Waals surface area contributed by atoms with Gasteiger partial charge in [0.25, 0.3) is 0 Å². The molecule has 1 N–H and O–H groups in total. The van der Waals surface area contributed by atoms with Crippen molar-refractivity contribution in [3.05, 3.63) is 77.1 Å². The fraction of sp³-hybridized carbons (Fsp3) is 0.444. The van der Waals surface area contributed by atoms with Crippen LogP contribution in [0.1, 0.15) is 49.5 Å². The quantitative estimate of drug-likeness (QED) is 0.398. The fourth-order valence-corrected chi connectivity index (χ4v) is 4.31. The Morgan fingerprint density at radius 1 is 1.24 bits per heavy atom. The Balaban J connectivity index is 1.51. The van der Waals surface area contributed by atoms with Crippen LogP contribution in [0.2, 0.25) is 0 Å². The Morgan fingerprint density at radius 3 is 2.76 bits per heavy atom. The van der Waals surface area contributed by atoms with E-state index in [2.05, 4.69) is 4.90 Å². The average Bonchev–Trinajstić information content (AvgIpc) is 3.24. The molecule has 0 radical (unpaired) electrons. The van der Waals surface area contributed by atoms with Crippen LogP contribution in [0.5, 0.6) is 0 Å². The molecule has 5 nitrogen and oxygen atoms in total. The molecule has 0 bridgehead atoms. The van der Waals surface area contributed by atoms with E-state index in [1.807, 2.05) is 43.3 Å². The fourth-order valence-electron chi connectivity index (χ4n) is 4.31. The second-order valence-electron chi connectivity index (χ2n) is 8.47. The van der Waals surface area contributed by atoms with Gasteiger partial charge in [-0.2, -0.15) is 0 Å². The molecule has 2 aromatic carbocycles. The monoisotopic (exact) mass is 455 g/mol. The molecule has 0 saturated carbocycles. The zero-order valence-corrected chi connectivity index (χ0v) is 19.5. The smallest absolute Gasteiger partial charge is 0.330 e. The Labute approximate surface area is 195 Å². The van der Waals surface area contributed by atoms with Crippen LogP contribution in [0.15, 0.2) is 54.6 Å². The van der Waals surface area contributed by atoms with E-state index >= 15 is 0 Å². The summed E-state index contributed by atoms with van der Waals surface area (Å²) in [5, 5.41) is 10.6. The molecule has 178 valence electrons. The highest BCUT2D eigenvalue weighted by atomic mass is 19.1. The minimum atomic E-state index is -0.608. The zero-order valence-electron chi connectivity index (χ0n) is 19.5. The van der Waals surface area contributed by atoms with Crippen LogP contribution in [-0.4, -0.2) is 54.4 Å². The van der Waals surface area contributed by atoms with Crippen LogP contribution in [-0.2, 0) is 20.7 Å². The Hall–Kier alpha value is -2.54. The lowest BCUT2D eigenvalue weighted by molar-refractivity contribution is -0.137. The van der Waals surface area contributed by atoms with Gasteiger partial charge in [0, 0.05) is 18.7 Å². The van der Waals surface area contributed by atoms with E-state index in [-0.39, 0.29) is 24.5 Å².